The summed E-state index contributed by atoms with van der Waals surface area (Å²) in [5.41, 5.74) is 0.412. The van der Waals surface area contributed by atoms with E-state index in [9.17, 15) is 19.5 Å². The van der Waals surface area contributed by atoms with Crippen LogP contribution >= 0.6 is 0 Å². The highest BCUT2D eigenvalue weighted by atomic mass is 19.1. The van der Waals surface area contributed by atoms with Crippen molar-refractivity contribution >= 4 is 17.3 Å². The lowest BCUT2D eigenvalue weighted by molar-refractivity contribution is -0.140. The van der Waals surface area contributed by atoms with Gasteiger partial charge in [-0.05, 0) is 60.5 Å². The molecule has 7 atom stereocenters. The SMILES string of the molecule is C=C1C[C@H]2[C@@H]3CC(F)C4=CC(=O)C(=O)C[C@]4(C)[C@H]3CC[C@]2(C)[C@H]1C(=O)CO. The van der Waals surface area contributed by atoms with Gasteiger partial charge in [-0.3, -0.25) is 14.4 Å². The van der Waals surface area contributed by atoms with Gasteiger partial charge in [-0.25, -0.2) is 4.39 Å². The van der Waals surface area contributed by atoms with E-state index in [0.29, 0.717) is 18.4 Å². The molecule has 0 bridgehead atoms. The standard InChI is InChI=1S/C22H27FO4/c1-11-6-14-12-7-16(23)15-8-17(25)18(26)9-22(15,3)13(12)4-5-21(14,2)20(11)19(27)10-24/h8,12-14,16,20,24H,1,4-7,9-10H2,2-3H3/t12-,13+,14+,16?,20-,21+,22-/m1/s1. The molecular formula is C22H27FO4. The van der Waals surface area contributed by atoms with Gasteiger partial charge in [0, 0.05) is 17.8 Å². The normalized spacial score (nSPS) is 46.4. The molecule has 4 aliphatic rings. The Morgan fingerprint density at radius 1 is 1.33 bits per heavy atom. The van der Waals surface area contributed by atoms with Crippen LogP contribution in [-0.2, 0) is 14.4 Å². The molecule has 3 fully saturated rings. The maximum Gasteiger partial charge on any atom is 0.221 e. The van der Waals surface area contributed by atoms with Crippen molar-refractivity contribution in [2.75, 3.05) is 6.61 Å². The number of halogens is 1. The monoisotopic (exact) mass is 374 g/mol. The smallest absolute Gasteiger partial charge is 0.221 e. The molecule has 5 heteroatoms. The quantitative estimate of drug-likeness (QED) is 0.596. The van der Waals surface area contributed by atoms with Gasteiger partial charge < -0.3 is 5.11 Å². The summed E-state index contributed by atoms with van der Waals surface area (Å²) in [6, 6.07) is 0. The largest absolute Gasteiger partial charge is 0.389 e. The van der Waals surface area contributed by atoms with E-state index in [1.807, 2.05) is 6.92 Å². The van der Waals surface area contributed by atoms with E-state index < -0.39 is 29.8 Å². The number of rotatable bonds is 2. The summed E-state index contributed by atoms with van der Waals surface area (Å²) in [5, 5.41) is 9.41. The lowest BCUT2D eigenvalue weighted by Gasteiger charge is -2.58. The number of fused-ring (bicyclic) bond motifs is 5. The van der Waals surface area contributed by atoms with Crippen LogP contribution in [0.15, 0.2) is 23.8 Å². The molecule has 0 aliphatic heterocycles. The summed E-state index contributed by atoms with van der Waals surface area (Å²) >= 11 is 0. The van der Waals surface area contributed by atoms with Gasteiger partial charge in [0.15, 0.2) is 5.78 Å². The maximum absolute atomic E-state index is 15.2. The predicted octanol–water partition coefficient (Wildman–Crippen LogP) is 2.99. The van der Waals surface area contributed by atoms with Crippen LogP contribution in [-0.4, -0.2) is 35.2 Å². The van der Waals surface area contributed by atoms with E-state index in [2.05, 4.69) is 13.5 Å². The minimum absolute atomic E-state index is 0.0511. The van der Waals surface area contributed by atoms with Crippen molar-refractivity contribution in [3.05, 3.63) is 23.8 Å². The summed E-state index contributed by atoms with van der Waals surface area (Å²) in [4.78, 5) is 36.4. The molecule has 0 aromatic carbocycles. The van der Waals surface area contributed by atoms with Crippen LogP contribution in [0.3, 0.4) is 0 Å². The van der Waals surface area contributed by atoms with E-state index in [1.165, 1.54) is 6.08 Å². The van der Waals surface area contributed by atoms with Crippen LogP contribution in [0.25, 0.3) is 0 Å². The topological polar surface area (TPSA) is 71.4 Å². The molecular weight excluding hydrogens is 347 g/mol. The average molecular weight is 374 g/mol. The van der Waals surface area contributed by atoms with E-state index in [-0.39, 0.29) is 41.3 Å². The molecule has 1 N–H and O–H groups in total. The molecule has 4 nitrogen and oxygen atoms in total. The Kier molecular flexibility index (Phi) is 4.12. The number of alkyl halides is 1. The molecule has 27 heavy (non-hydrogen) atoms. The van der Waals surface area contributed by atoms with E-state index in [4.69, 9.17) is 0 Å². The van der Waals surface area contributed by atoms with Crippen LogP contribution in [0.2, 0.25) is 0 Å². The first-order chi connectivity index (χ1) is 12.6. The van der Waals surface area contributed by atoms with E-state index >= 15 is 4.39 Å². The Morgan fingerprint density at radius 2 is 2.04 bits per heavy atom. The molecule has 0 saturated heterocycles. The molecule has 0 aromatic rings. The number of Topliss-reactive ketones (excluding diaryl/α,β-unsaturated/α-hetero) is 2. The minimum atomic E-state index is -1.23. The van der Waals surface area contributed by atoms with Crippen molar-refractivity contribution in [2.24, 2.45) is 34.5 Å². The molecule has 146 valence electrons. The number of aliphatic hydroxyl groups is 1. The summed E-state index contributed by atoms with van der Waals surface area (Å²) in [7, 11) is 0. The van der Waals surface area contributed by atoms with E-state index in [0.717, 1.165) is 18.4 Å². The fourth-order valence-corrected chi connectivity index (χ4v) is 7.12. The number of hydrogen-bond donors (Lipinski definition) is 1. The molecule has 0 radical (unpaired) electrons. The Bertz CT molecular complexity index is 783. The Morgan fingerprint density at radius 3 is 2.70 bits per heavy atom. The highest BCUT2D eigenvalue weighted by Crippen LogP contribution is 2.67. The maximum atomic E-state index is 15.2. The second-order valence-electron chi connectivity index (χ2n) is 9.53. The molecule has 0 aromatic heterocycles. The lowest BCUT2D eigenvalue weighted by atomic mass is 9.46. The first kappa shape index (κ1) is 18.7. The van der Waals surface area contributed by atoms with Crippen LogP contribution in [0, 0.1) is 34.5 Å². The van der Waals surface area contributed by atoms with Gasteiger partial charge in [-0.15, -0.1) is 0 Å². The van der Waals surface area contributed by atoms with Gasteiger partial charge in [0.1, 0.15) is 12.8 Å². The van der Waals surface area contributed by atoms with Crippen molar-refractivity contribution < 1.29 is 23.9 Å². The Labute approximate surface area is 158 Å². The lowest BCUT2D eigenvalue weighted by Crippen LogP contribution is -2.54. The van der Waals surface area contributed by atoms with Gasteiger partial charge in [-0.2, -0.15) is 0 Å². The van der Waals surface area contributed by atoms with Crippen molar-refractivity contribution in [3.8, 4) is 0 Å². The molecule has 0 heterocycles. The molecule has 4 rings (SSSR count). The van der Waals surface area contributed by atoms with Crippen LogP contribution in [0.4, 0.5) is 4.39 Å². The zero-order valence-electron chi connectivity index (χ0n) is 16.0. The molecule has 1 unspecified atom stereocenters. The second kappa shape index (κ2) is 5.94. The van der Waals surface area contributed by atoms with Crippen LogP contribution < -0.4 is 0 Å². The predicted molar refractivity (Wildman–Crippen MR) is 97.5 cm³/mol. The third-order valence-electron chi connectivity index (χ3n) is 8.29. The Hall–Kier alpha value is -1.62. The third kappa shape index (κ3) is 2.40. The Balaban J connectivity index is 1.74. The average Bonchev–Trinajstić information content (AvgIpc) is 2.87. The minimum Gasteiger partial charge on any atom is -0.389 e. The number of allylic oxidation sites excluding steroid dienone is 2. The van der Waals surface area contributed by atoms with Gasteiger partial charge in [-0.1, -0.05) is 26.0 Å². The number of ketones is 3. The van der Waals surface area contributed by atoms with Crippen molar-refractivity contribution in [2.45, 2.75) is 52.1 Å². The van der Waals surface area contributed by atoms with E-state index in [1.54, 1.807) is 0 Å². The van der Waals surface area contributed by atoms with Crippen molar-refractivity contribution in [3.63, 3.8) is 0 Å². The fourth-order valence-electron chi connectivity index (χ4n) is 7.12. The number of hydrogen-bond acceptors (Lipinski definition) is 4. The van der Waals surface area contributed by atoms with Gasteiger partial charge >= 0.3 is 0 Å². The fraction of sp³-hybridized carbons (Fsp3) is 0.682. The van der Waals surface area contributed by atoms with Crippen LogP contribution in [0.1, 0.15) is 46.0 Å². The number of aliphatic hydroxyl groups excluding tert-OH is 1. The number of carbonyl (C=O) groups is 3. The first-order valence-corrected chi connectivity index (χ1v) is 9.88. The highest BCUT2D eigenvalue weighted by molar-refractivity contribution is 6.42. The van der Waals surface area contributed by atoms with Gasteiger partial charge in [0.2, 0.25) is 11.6 Å². The summed E-state index contributed by atoms with van der Waals surface area (Å²) in [6.07, 6.45) is 2.70. The summed E-state index contributed by atoms with van der Waals surface area (Å²) in [5.74, 6) is -1.27. The third-order valence-corrected chi connectivity index (χ3v) is 8.29. The van der Waals surface area contributed by atoms with Crippen molar-refractivity contribution in [1.82, 2.24) is 0 Å². The van der Waals surface area contributed by atoms with Crippen LogP contribution in [0.5, 0.6) is 0 Å². The first-order valence-electron chi connectivity index (χ1n) is 9.88. The number of carbonyl (C=O) groups excluding carboxylic acids is 3. The molecule has 4 aliphatic carbocycles. The zero-order chi connectivity index (χ0) is 19.7. The van der Waals surface area contributed by atoms with Gasteiger partial charge in [0.25, 0.3) is 0 Å². The molecule has 0 spiro atoms. The zero-order valence-corrected chi connectivity index (χ0v) is 16.0. The second-order valence-corrected chi connectivity index (χ2v) is 9.53. The van der Waals surface area contributed by atoms with Gasteiger partial charge in [0.05, 0.1) is 0 Å². The molecule has 0 amide bonds. The summed E-state index contributed by atoms with van der Waals surface area (Å²) < 4.78 is 15.2. The molecule has 3 saturated carbocycles. The highest BCUT2D eigenvalue weighted by Gasteiger charge is 2.63. The van der Waals surface area contributed by atoms with Crippen molar-refractivity contribution in [1.29, 1.82) is 0 Å². The summed E-state index contributed by atoms with van der Waals surface area (Å²) in [6.45, 7) is 7.65.